The van der Waals surface area contributed by atoms with Gasteiger partial charge in [0.1, 0.15) is 5.82 Å². The van der Waals surface area contributed by atoms with Crippen LogP contribution in [0.1, 0.15) is 23.6 Å². The van der Waals surface area contributed by atoms with Gasteiger partial charge in [-0.3, -0.25) is 4.79 Å². The number of hydrogen-bond acceptors (Lipinski definition) is 3. The molecule has 3 amide bonds. The third-order valence-corrected chi connectivity index (χ3v) is 5.80. The maximum Gasteiger partial charge on any atom is 0.315 e. The summed E-state index contributed by atoms with van der Waals surface area (Å²) in [6.45, 7) is 1.62. The van der Waals surface area contributed by atoms with Gasteiger partial charge in [0, 0.05) is 21.4 Å². The fraction of sp³-hybridized carbons (Fsp3) is 0.263. The molecule has 1 aliphatic rings. The number of anilines is 1. The monoisotopic (exact) mass is 407 g/mol. The number of halogens is 2. The predicted octanol–water partition coefficient (Wildman–Crippen LogP) is 4.26. The smallest absolute Gasteiger partial charge is 0.315 e. The summed E-state index contributed by atoms with van der Waals surface area (Å²) < 4.78 is 13.5. The van der Waals surface area contributed by atoms with E-state index in [0.717, 1.165) is 21.8 Å². The number of carbonyl (C=O) groups is 2. The molecule has 0 fully saturated rings. The molecule has 1 atom stereocenters. The molecule has 1 heterocycles. The summed E-state index contributed by atoms with van der Waals surface area (Å²) in [6.07, 6.45) is 0.697. The Labute approximate surface area is 166 Å². The standard InChI is InChI=1S/C19H19ClFN3O2S/c1-11-14(20)3-2-4-15(11)23-18(25)10-22-19(26)24-16-7-8-27-17-6-5-12(21)9-13(16)17/h2-6,9,16H,7-8,10H2,1H3,(H,23,25)(H2,22,24,26)/t16-/m0/s1. The zero-order valence-corrected chi connectivity index (χ0v) is 16.2. The molecule has 0 unspecified atom stereocenters. The first-order valence-corrected chi connectivity index (χ1v) is 9.82. The summed E-state index contributed by atoms with van der Waals surface area (Å²) in [7, 11) is 0. The van der Waals surface area contributed by atoms with Gasteiger partial charge in [0.05, 0.1) is 12.6 Å². The maximum atomic E-state index is 13.5. The van der Waals surface area contributed by atoms with Crippen molar-refractivity contribution < 1.29 is 14.0 Å². The first-order chi connectivity index (χ1) is 12.9. The predicted molar refractivity (Wildman–Crippen MR) is 106 cm³/mol. The van der Waals surface area contributed by atoms with Gasteiger partial charge >= 0.3 is 6.03 Å². The van der Waals surface area contributed by atoms with Gasteiger partial charge < -0.3 is 16.0 Å². The fourth-order valence-electron chi connectivity index (χ4n) is 2.82. The summed E-state index contributed by atoms with van der Waals surface area (Å²) in [4.78, 5) is 25.2. The Kier molecular flexibility index (Phi) is 6.23. The van der Waals surface area contributed by atoms with Crippen LogP contribution in [0.2, 0.25) is 5.02 Å². The van der Waals surface area contributed by atoms with Crippen molar-refractivity contribution in [2.45, 2.75) is 24.3 Å². The lowest BCUT2D eigenvalue weighted by molar-refractivity contribution is -0.115. The summed E-state index contributed by atoms with van der Waals surface area (Å²) in [6, 6.07) is 9.05. The van der Waals surface area contributed by atoms with Crippen molar-refractivity contribution in [3.63, 3.8) is 0 Å². The minimum absolute atomic E-state index is 0.185. The Morgan fingerprint density at radius 1 is 1.30 bits per heavy atom. The molecule has 27 heavy (non-hydrogen) atoms. The van der Waals surface area contributed by atoms with Crippen LogP contribution in [0.4, 0.5) is 14.9 Å². The number of fused-ring (bicyclic) bond motifs is 1. The maximum absolute atomic E-state index is 13.5. The van der Waals surface area contributed by atoms with Gasteiger partial charge in [-0.1, -0.05) is 17.7 Å². The first-order valence-electron chi connectivity index (χ1n) is 8.45. The van der Waals surface area contributed by atoms with Crippen molar-refractivity contribution >= 4 is 41.0 Å². The van der Waals surface area contributed by atoms with Gasteiger partial charge in [-0.25, -0.2) is 9.18 Å². The van der Waals surface area contributed by atoms with Gasteiger partial charge in [0.15, 0.2) is 0 Å². The minimum Gasteiger partial charge on any atom is -0.331 e. The van der Waals surface area contributed by atoms with Crippen LogP contribution in [0.25, 0.3) is 0 Å². The third kappa shape index (κ3) is 4.93. The van der Waals surface area contributed by atoms with Crippen LogP contribution in [-0.2, 0) is 4.79 Å². The van der Waals surface area contributed by atoms with E-state index in [-0.39, 0.29) is 24.3 Å². The van der Waals surface area contributed by atoms with Crippen LogP contribution in [0, 0.1) is 12.7 Å². The molecule has 5 nitrogen and oxygen atoms in total. The summed E-state index contributed by atoms with van der Waals surface area (Å²) >= 11 is 7.66. The second-order valence-corrected chi connectivity index (χ2v) is 7.70. The zero-order chi connectivity index (χ0) is 19.4. The van der Waals surface area contributed by atoms with Crippen molar-refractivity contribution in [3.05, 3.63) is 58.4 Å². The average Bonchev–Trinajstić information content (AvgIpc) is 2.64. The van der Waals surface area contributed by atoms with Gasteiger partial charge in [-0.15, -0.1) is 11.8 Å². The van der Waals surface area contributed by atoms with Gasteiger partial charge in [0.2, 0.25) is 5.91 Å². The normalized spacial score (nSPS) is 15.6. The number of urea groups is 1. The third-order valence-electron chi connectivity index (χ3n) is 4.27. The van der Waals surface area contributed by atoms with Gasteiger partial charge in [0.25, 0.3) is 0 Å². The molecule has 2 aromatic rings. The number of thioether (sulfide) groups is 1. The molecule has 3 N–H and O–H groups in total. The highest BCUT2D eigenvalue weighted by Gasteiger charge is 2.23. The molecule has 2 aromatic carbocycles. The lowest BCUT2D eigenvalue weighted by Gasteiger charge is -2.26. The molecule has 0 aromatic heterocycles. The van der Waals surface area contributed by atoms with Crippen LogP contribution < -0.4 is 16.0 Å². The Morgan fingerprint density at radius 3 is 2.93 bits per heavy atom. The lowest BCUT2D eigenvalue weighted by Crippen LogP contribution is -2.42. The van der Waals surface area contributed by atoms with Crippen molar-refractivity contribution in [1.29, 1.82) is 0 Å². The minimum atomic E-state index is -0.472. The fourth-order valence-corrected chi connectivity index (χ4v) is 4.10. The van der Waals surface area contributed by atoms with E-state index in [4.69, 9.17) is 11.6 Å². The van der Waals surface area contributed by atoms with E-state index >= 15 is 0 Å². The van der Waals surface area contributed by atoms with Crippen LogP contribution in [0.3, 0.4) is 0 Å². The number of carbonyl (C=O) groups excluding carboxylic acids is 2. The Hall–Kier alpha value is -2.25. The Balaban J connectivity index is 1.54. The number of hydrogen-bond donors (Lipinski definition) is 3. The van der Waals surface area contributed by atoms with Crippen LogP contribution in [0.15, 0.2) is 41.3 Å². The lowest BCUT2D eigenvalue weighted by atomic mass is 10.0. The Morgan fingerprint density at radius 2 is 2.11 bits per heavy atom. The molecule has 1 aliphatic heterocycles. The zero-order valence-electron chi connectivity index (χ0n) is 14.6. The molecule has 0 aliphatic carbocycles. The molecule has 0 saturated carbocycles. The second-order valence-electron chi connectivity index (χ2n) is 6.16. The summed E-state index contributed by atoms with van der Waals surface area (Å²) in [5.74, 6) is 0.138. The molecule has 0 radical (unpaired) electrons. The van der Waals surface area contributed by atoms with Crippen LogP contribution in [0.5, 0.6) is 0 Å². The SMILES string of the molecule is Cc1c(Cl)cccc1NC(=O)CNC(=O)N[C@H]1CCSc2ccc(F)cc21. The summed E-state index contributed by atoms with van der Waals surface area (Å²) in [5.41, 5.74) is 2.12. The molecule has 0 spiro atoms. The van der Waals surface area contributed by atoms with Crippen molar-refractivity contribution in [3.8, 4) is 0 Å². The van der Waals surface area contributed by atoms with Crippen LogP contribution >= 0.6 is 23.4 Å². The molecule has 3 rings (SSSR count). The Bertz CT molecular complexity index is 878. The molecule has 0 bridgehead atoms. The molecule has 142 valence electrons. The van der Waals surface area contributed by atoms with Crippen molar-refractivity contribution in [2.24, 2.45) is 0 Å². The number of amides is 3. The highest BCUT2D eigenvalue weighted by Crippen LogP contribution is 2.36. The molecular formula is C19H19ClFN3O2S. The largest absolute Gasteiger partial charge is 0.331 e. The quantitative estimate of drug-likeness (QED) is 0.709. The van der Waals surface area contributed by atoms with Gasteiger partial charge in [-0.2, -0.15) is 0 Å². The van der Waals surface area contributed by atoms with E-state index < -0.39 is 6.03 Å². The van der Waals surface area contributed by atoms with Crippen LogP contribution in [-0.4, -0.2) is 24.2 Å². The van der Waals surface area contributed by atoms with E-state index in [1.807, 2.05) is 0 Å². The topological polar surface area (TPSA) is 70.2 Å². The van der Waals surface area contributed by atoms with E-state index in [9.17, 15) is 14.0 Å². The summed E-state index contributed by atoms with van der Waals surface area (Å²) in [5, 5.41) is 8.61. The van der Waals surface area contributed by atoms with E-state index in [0.29, 0.717) is 17.1 Å². The molecule has 8 heteroatoms. The van der Waals surface area contributed by atoms with Crippen molar-refractivity contribution in [2.75, 3.05) is 17.6 Å². The first kappa shape index (κ1) is 19.5. The second kappa shape index (κ2) is 8.63. The van der Waals surface area contributed by atoms with E-state index in [1.165, 1.54) is 12.1 Å². The molecule has 0 saturated heterocycles. The van der Waals surface area contributed by atoms with Gasteiger partial charge in [-0.05, 0) is 54.8 Å². The molecular weight excluding hydrogens is 389 g/mol. The average molecular weight is 408 g/mol. The number of benzene rings is 2. The van der Waals surface area contributed by atoms with Crippen molar-refractivity contribution in [1.82, 2.24) is 10.6 Å². The highest BCUT2D eigenvalue weighted by atomic mass is 35.5. The highest BCUT2D eigenvalue weighted by molar-refractivity contribution is 7.99. The van der Waals surface area contributed by atoms with E-state index in [2.05, 4.69) is 16.0 Å². The van der Waals surface area contributed by atoms with E-state index in [1.54, 1.807) is 43.0 Å². The number of nitrogens with one attached hydrogen (secondary N) is 3. The number of rotatable bonds is 4.